The molecule has 1 unspecified atom stereocenters. The van der Waals surface area contributed by atoms with Gasteiger partial charge < -0.3 is 15.4 Å². The molecule has 108 valence electrons. The van der Waals surface area contributed by atoms with Crippen LogP contribution in [-0.2, 0) is 0 Å². The van der Waals surface area contributed by atoms with Crippen LogP contribution < -0.4 is 15.4 Å². The fraction of sp³-hybridized carbons (Fsp3) is 0.429. The number of nitrogens with zero attached hydrogens (tertiary/aromatic N) is 2. The molecule has 0 saturated heterocycles. The first-order valence-corrected chi connectivity index (χ1v) is 7.28. The smallest absolute Gasteiger partial charge is 0.204 e. The molecule has 0 bridgehead atoms. The van der Waals surface area contributed by atoms with Crippen molar-refractivity contribution in [3.8, 4) is 5.75 Å². The molecule has 2 aromatic heterocycles. The Morgan fingerprint density at radius 1 is 1.25 bits per heavy atom. The van der Waals surface area contributed by atoms with Gasteiger partial charge in [-0.3, -0.25) is 0 Å². The Morgan fingerprint density at radius 2 is 1.95 bits per heavy atom. The minimum Gasteiger partial charge on any atom is -0.490 e. The third-order valence-electron chi connectivity index (χ3n) is 3.14. The van der Waals surface area contributed by atoms with Crippen molar-refractivity contribution in [1.82, 2.24) is 9.97 Å². The van der Waals surface area contributed by atoms with E-state index in [1.807, 2.05) is 18.4 Å². The third kappa shape index (κ3) is 2.85. The number of anilines is 2. The summed E-state index contributed by atoms with van der Waals surface area (Å²) in [7, 11) is 3.43. The molecule has 6 heteroatoms. The monoisotopic (exact) mass is 292 g/mol. The van der Waals surface area contributed by atoms with Gasteiger partial charge >= 0.3 is 0 Å². The van der Waals surface area contributed by atoms with E-state index in [1.54, 1.807) is 7.11 Å². The molecule has 2 heterocycles. The number of aryl methyl sites for hydroxylation is 2. The van der Waals surface area contributed by atoms with Crippen molar-refractivity contribution in [3.05, 3.63) is 27.7 Å². The SMILES string of the molecule is CNc1ncnc(NC(C)c2cc(C)sc2C)c1OC. The average Bonchev–Trinajstić information content (AvgIpc) is 2.77. The minimum atomic E-state index is 0.161. The summed E-state index contributed by atoms with van der Waals surface area (Å²) < 4.78 is 5.39. The maximum atomic E-state index is 5.39. The number of methoxy groups -OCH3 is 1. The lowest BCUT2D eigenvalue weighted by Crippen LogP contribution is -2.10. The van der Waals surface area contributed by atoms with Crippen molar-refractivity contribution in [1.29, 1.82) is 0 Å². The van der Waals surface area contributed by atoms with Crippen LogP contribution in [0.25, 0.3) is 0 Å². The van der Waals surface area contributed by atoms with Crippen molar-refractivity contribution in [3.63, 3.8) is 0 Å². The molecule has 0 spiro atoms. The van der Waals surface area contributed by atoms with E-state index >= 15 is 0 Å². The van der Waals surface area contributed by atoms with E-state index in [4.69, 9.17) is 4.74 Å². The van der Waals surface area contributed by atoms with Crippen LogP contribution in [0.1, 0.15) is 28.3 Å². The molecule has 0 aliphatic rings. The van der Waals surface area contributed by atoms with Gasteiger partial charge in [0.25, 0.3) is 0 Å². The van der Waals surface area contributed by atoms with Gasteiger partial charge in [0.15, 0.2) is 11.6 Å². The summed E-state index contributed by atoms with van der Waals surface area (Å²) in [5.41, 5.74) is 1.29. The van der Waals surface area contributed by atoms with E-state index in [0.717, 1.165) is 0 Å². The predicted octanol–water partition coefficient (Wildman–Crippen LogP) is 3.38. The number of ether oxygens (including phenoxy) is 1. The summed E-state index contributed by atoms with van der Waals surface area (Å²) >= 11 is 1.81. The topological polar surface area (TPSA) is 59.1 Å². The third-order valence-corrected chi connectivity index (χ3v) is 4.13. The van der Waals surface area contributed by atoms with Crippen molar-refractivity contribution >= 4 is 23.0 Å². The highest BCUT2D eigenvalue weighted by molar-refractivity contribution is 7.12. The summed E-state index contributed by atoms with van der Waals surface area (Å²) in [6.07, 6.45) is 1.52. The Balaban J connectivity index is 2.28. The van der Waals surface area contributed by atoms with Gasteiger partial charge in [-0.2, -0.15) is 0 Å². The molecule has 0 aliphatic carbocycles. The number of nitrogens with one attached hydrogen (secondary N) is 2. The summed E-state index contributed by atoms with van der Waals surface area (Å²) in [4.78, 5) is 11.1. The first kappa shape index (κ1) is 14.6. The molecule has 1 atom stereocenters. The lowest BCUT2D eigenvalue weighted by molar-refractivity contribution is 0.414. The predicted molar refractivity (Wildman–Crippen MR) is 84.0 cm³/mol. The maximum absolute atomic E-state index is 5.39. The van der Waals surface area contributed by atoms with Gasteiger partial charge in [0, 0.05) is 16.8 Å². The molecule has 0 radical (unpaired) electrons. The number of rotatable bonds is 5. The Morgan fingerprint density at radius 3 is 2.50 bits per heavy atom. The molecule has 0 fully saturated rings. The van der Waals surface area contributed by atoms with Crippen molar-refractivity contribution in [2.75, 3.05) is 24.8 Å². The van der Waals surface area contributed by atoms with Gasteiger partial charge in [0.05, 0.1) is 13.2 Å². The van der Waals surface area contributed by atoms with Gasteiger partial charge in [0.2, 0.25) is 5.75 Å². The molecule has 2 N–H and O–H groups in total. The summed E-state index contributed by atoms with van der Waals surface area (Å²) in [5.74, 6) is 2.00. The van der Waals surface area contributed by atoms with Crippen LogP contribution in [0.2, 0.25) is 0 Å². The summed E-state index contributed by atoms with van der Waals surface area (Å²) in [6, 6.07) is 2.37. The Hall–Kier alpha value is -1.82. The van der Waals surface area contributed by atoms with E-state index in [1.165, 1.54) is 21.6 Å². The molecule has 0 aromatic carbocycles. The standard InChI is InChI=1S/C14H20N4OS/c1-8-6-11(10(3)20-8)9(2)18-14-12(19-5)13(15-4)16-7-17-14/h6-7,9H,1-5H3,(H2,15,16,17,18). The molecule has 2 rings (SSSR count). The molecule has 0 aliphatic heterocycles. The normalized spacial score (nSPS) is 12.1. The molecule has 2 aromatic rings. The largest absolute Gasteiger partial charge is 0.490 e. The zero-order valence-corrected chi connectivity index (χ0v) is 13.3. The van der Waals surface area contributed by atoms with Crippen molar-refractivity contribution < 1.29 is 4.74 Å². The van der Waals surface area contributed by atoms with Gasteiger partial charge in [-0.05, 0) is 32.4 Å². The van der Waals surface area contributed by atoms with Crippen LogP contribution in [0.5, 0.6) is 5.75 Å². The Labute approximate surface area is 123 Å². The first-order valence-electron chi connectivity index (χ1n) is 6.47. The van der Waals surface area contributed by atoms with Crippen LogP contribution in [-0.4, -0.2) is 24.1 Å². The average molecular weight is 292 g/mol. The van der Waals surface area contributed by atoms with Gasteiger partial charge in [-0.15, -0.1) is 11.3 Å². The molecule has 0 saturated carbocycles. The fourth-order valence-corrected chi connectivity index (χ4v) is 3.23. The van der Waals surface area contributed by atoms with E-state index in [2.05, 4.69) is 47.4 Å². The van der Waals surface area contributed by atoms with Crippen LogP contribution in [0.4, 0.5) is 11.6 Å². The van der Waals surface area contributed by atoms with Gasteiger partial charge in [-0.25, -0.2) is 9.97 Å². The zero-order valence-electron chi connectivity index (χ0n) is 12.4. The number of hydrogen-bond donors (Lipinski definition) is 2. The molecular formula is C14H20N4OS. The number of thiophene rings is 1. The summed E-state index contributed by atoms with van der Waals surface area (Å²) in [5, 5.41) is 6.40. The highest BCUT2D eigenvalue weighted by Crippen LogP contribution is 2.33. The number of aromatic nitrogens is 2. The van der Waals surface area contributed by atoms with Crippen LogP contribution in [0, 0.1) is 13.8 Å². The van der Waals surface area contributed by atoms with Crippen molar-refractivity contribution in [2.24, 2.45) is 0 Å². The van der Waals surface area contributed by atoms with E-state index < -0.39 is 0 Å². The Bertz CT molecular complexity index is 597. The Kier molecular flexibility index (Phi) is 4.44. The van der Waals surface area contributed by atoms with Crippen LogP contribution >= 0.6 is 11.3 Å². The fourth-order valence-electron chi connectivity index (χ4n) is 2.21. The minimum absolute atomic E-state index is 0.161. The van der Waals surface area contributed by atoms with E-state index in [0.29, 0.717) is 17.4 Å². The van der Waals surface area contributed by atoms with Crippen LogP contribution in [0.3, 0.4) is 0 Å². The summed E-state index contributed by atoms with van der Waals surface area (Å²) in [6.45, 7) is 6.38. The first-order chi connectivity index (χ1) is 9.56. The molecule has 5 nitrogen and oxygen atoms in total. The van der Waals surface area contributed by atoms with Crippen LogP contribution in [0.15, 0.2) is 12.4 Å². The number of hydrogen-bond acceptors (Lipinski definition) is 6. The van der Waals surface area contributed by atoms with E-state index in [-0.39, 0.29) is 6.04 Å². The highest BCUT2D eigenvalue weighted by atomic mass is 32.1. The lowest BCUT2D eigenvalue weighted by atomic mass is 10.1. The maximum Gasteiger partial charge on any atom is 0.204 e. The quantitative estimate of drug-likeness (QED) is 0.884. The lowest BCUT2D eigenvalue weighted by Gasteiger charge is -2.17. The zero-order chi connectivity index (χ0) is 14.7. The molecule has 0 amide bonds. The molecule has 20 heavy (non-hydrogen) atoms. The second-order valence-corrected chi connectivity index (χ2v) is 6.05. The molecular weight excluding hydrogens is 272 g/mol. The second kappa shape index (κ2) is 6.09. The highest BCUT2D eigenvalue weighted by Gasteiger charge is 2.16. The van der Waals surface area contributed by atoms with Gasteiger partial charge in [0.1, 0.15) is 6.33 Å². The van der Waals surface area contributed by atoms with E-state index in [9.17, 15) is 0 Å². The second-order valence-electron chi connectivity index (χ2n) is 4.59. The van der Waals surface area contributed by atoms with Crippen molar-refractivity contribution in [2.45, 2.75) is 26.8 Å². The van der Waals surface area contributed by atoms with Gasteiger partial charge in [-0.1, -0.05) is 0 Å².